The van der Waals surface area contributed by atoms with Crippen LogP contribution in [0.5, 0.6) is 0 Å². The highest BCUT2D eigenvalue weighted by Gasteiger charge is 2.27. The van der Waals surface area contributed by atoms with Crippen molar-refractivity contribution >= 4 is 5.91 Å². The van der Waals surface area contributed by atoms with Crippen molar-refractivity contribution in [3.05, 3.63) is 35.4 Å². The van der Waals surface area contributed by atoms with Crippen molar-refractivity contribution in [1.82, 2.24) is 10.2 Å². The summed E-state index contributed by atoms with van der Waals surface area (Å²) in [5.41, 5.74) is 2.08. The van der Waals surface area contributed by atoms with Crippen LogP contribution in [-0.4, -0.2) is 30.4 Å². The van der Waals surface area contributed by atoms with Crippen molar-refractivity contribution in [2.24, 2.45) is 5.92 Å². The number of carbonyl (C=O) groups is 1. The van der Waals surface area contributed by atoms with Crippen LogP contribution in [0.15, 0.2) is 24.3 Å². The minimum absolute atomic E-state index is 0.211. The Morgan fingerprint density at radius 2 is 2.12 bits per heavy atom. The second kappa shape index (κ2) is 3.91. The Morgan fingerprint density at radius 1 is 1.31 bits per heavy atom. The lowest BCUT2D eigenvalue weighted by molar-refractivity contribution is 0.0763. The molecule has 0 unspecified atom stereocenters. The zero-order valence-electron chi connectivity index (χ0n) is 9.28. The third-order valence-electron chi connectivity index (χ3n) is 3.57. The molecule has 0 spiro atoms. The molecule has 2 aliphatic heterocycles. The molecule has 0 saturated carbocycles. The predicted octanol–water partition coefficient (Wildman–Crippen LogP) is 1.25. The molecule has 0 aromatic heterocycles. The molecule has 0 bridgehead atoms. The van der Waals surface area contributed by atoms with Crippen LogP contribution in [0.2, 0.25) is 0 Å². The highest BCUT2D eigenvalue weighted by Crippen LogP contribution is 2.23. The van der Waals surface area contributed by atoms with Crippen LogP contribution in [0.25, 0.3) is 0 Å². The van der Waals surface area contributed by atoms with Gasteiger partial charge in [-0.3, -0.25) is 4.79 Å². The third-order valence-corrected chi connectivity index (χ3v) is 3.57. The predicted molar refractivity (Wildman–Crippen MR) is 62.2 cm³/mol. The molecule has 0 radical (unpaired) electrons. The Hall–Kier alpha value is -1.35. The fourth-order valence-electron chi connectivity index (χ4n) is 2.39. The molecule has 2 aliphatic rings. The average Bonchev–Trinajstić information content (AvgIpc) is 2.55. The van der Waals surface area contributed by atoms with Crippen LogP contribution in [0.3, 0.4) is 0 Å². The third kappa shape index (κ3) is 1.61. The summed E-state index contributed by atoms with van der Waals surface area (Å²) in [5, 5.41) is 3.26. The van der Waals surface area contributed by atoms with Gasteiger partial charge in [0, 0.05) is 18.7 Å². The summed E-state index contributed by atoms with van der Waals surface area (Å²) in [4.78, 5) is 14.0. The van der Waals surface area contributed by atoms with E-state index in [0.29, 0.717) is 0 Å². The number of carbonyl (C=O) groups excluding carboxylic acids is 1. The van der Waals surface area contributed by atoms with Gasteiger partial charge in [-0.25, -0.2) is 0 Å². The van der Waals surface area contributed by atoms with Gasteiger partial charge in [0.2, 0.25) is 0 Å². The zero-order chi connectivity index (χ0) is 11.0. The monoisotopic (exact) mass is 216 g/mol. The van der Waals surface area contributed by atoms with E-state index in [4.69, 9.17) is 0 Å². The molecule has 1 aromatic carbocycles. The molecule has 1 amide bonds. The fraction of sp³-hybridized carbons (Fsp3) is 0.462. The van der Waals surface area contributed by atoms with E-state index in [9.17, 15) is 4.79 Å². The Morgan fingerprint density at radius 3 is 2.81 bits per heavy atom. The maximum Gasteiger partial charge on any atom is 0.254 e. The number of amides is 1. The van der Waals surface area contributed by atoms with Gasteiger partial charge in [0.25, 0.3) is 5.91 Å². The van der Waals surface area contributed by atoms with E-state index in [1.54, 1.807) is 0 Å². The molecule has 3 heteroatoms. The molecular weight excluding hydrogens is 200 g/mol. The molecule has 2 heterocycles. The summed E-state index contributed by atoms with van der Waals surface area (Å²) < 4.78 is 0. The standard InChI is InChI=1S/C13H16N2O/c16-13-12-4-2-1-3-11(12)9-15(13)6-5-10-7-14-8-10/h1-4,10,14H,5-9H2. The number of fused-ring (bicyclic) bond motifs is 1. The van der Waals surface area contributed by atoms with Crippen LogP contribution in [-0.2, 0) is 6.54 Å². The summed E-state index contributed by atoms with van der Waals surface area (Å²) in [6, 6.07) is 7.93. The van der Waals surface area contributed by atoms with Gasteiger partial charge < -0.3 is 10.2 Å². The molecule has 1 saturated heterocycles. The van der Waals surface area contributed by atoms with Crippen molar-refractivity contribution < 1.29 is 4.79 Å². The summed E-state index contributed by atoms with van der Waals surface area (Å²) in [7, 11) is 0. The van der Waals surface area contributed by atoms with Crippen molar-refractivity contribution in [3.63, 3.8) is 0 Å². The molecule has 0 atom stereocenters. The number of rotatable bonds is 3. The van der Waals surface area contributed by atoms with Crippen LogP contribution >= 0.6 is 0 Å². The molecule has 16 heavy (non-hydrogen) atoms. The van der Waals surface area contributed by atoms with Gasteiger partial charge in [-0.05, 0) is 37.1 Å². The lowest BCUT2D eigenvalue weighted by atomic mass is 9.99. The molecule has 1 N–H and O–H groups in total. The quantitative estimate of drug-likeness (QED) is 0.824. The second-order valence-corrected chi connectivity index (χ2v) is 4.70. The molecule has 1 fully saturated rings. The van der Waals surface area contributed by atoms with Crippen LogP contribution in [0.1, 0.15) is 22.3 Å². The first-order chi connectivity index (χ1) is 7.84. The first-order valence-electron chi connectivity index (χ1n) is 5.92. The summed E-state index contributed by atoms with van der Waals surface area (Å²) in [6.07, 6.45) is 1.13. The average molecular weight is 216 g/mol. The van der Waals surface area contributed by atoms with Crippen LogP contribution < -0.4 is 5.32 Å². The van der Waals surface area contributed by atoms with Gasteiger partial charge in [-0.2, -0.15) is 0 Å². The van der Waals surface area contributed by atoms with E-state index in [1.807, 2.05) is 23.1 Å². The van der Waals surface area contributed by atoms with Gasteiger partial charge >= 0.3 is 0 Å². The van der Waals surface area contributed by atoms with Crippen molar-refractivity contribution in [2.45, 2.75) is 13.0 Å². The number of hydrogen-bond acceptors (Lipinski definition) is 2. The largest absolute Gasteiger partial charge is 0.334 e. The molecule has 0 aliphatic carbocycles. The van der Waals surface area contributed by atoms with Crippen molar-refractivity contribution in [3.8, 4) is 0 Å². The molecule has 1 aromatic rings. The van der Waals surface area contributed by atoms with E-state index in [2.05, 4.69) is 11.4 Å². The van der Waals surface area contributed by atoms with E-state index >= 15 is 0 Å². The first kappa shape index (κ1) is 9.85. The van der Waals surface area contributed by atoms with E-state index < -0.39 is 0 Å². The van der Waals surface area contributed by atoms with E-state index in [0.717, 1.165) is 44.1 Å². The van der Waals surface area contributed by atoms with Gasteiger partial charge in [0.05, 0.1) is 0 Å². The number of hydrogen-bond donors (Lipinski definition) is 1. The maximum atomic E-state index is 12.0. The summed E-state index contributed by atoms with van der Waals surface area (Å²) >= 11 is 0. The minimum Gasteiger partial charge on any atom is -0.334 e. The van der Waals surface area contributed by atoms with Crippen molar-refractivity contribution in [1.29, 1.82) is 0 Å². The van der Waals surface area contributed by atoms with E-state index in [-0.39, 0.29) is 5.91 Å². The number of nitrogens with one attached hydrogen (secondary N) is 1. The highest BCUT2D eigenvalue weighted by atomic mass is 16.2. The van der Waals surface area contributed by atoms with E-state index in [1.165, 1.54) is 5.56 Å². The van der Waals surface area contributed by atoms with Gasteiger partial charge in [-0.15, -0.1) is 0 Å². The van der Waals surface area contributed by atoms with Crippen LogP contribution in [0.4, 0.5) is 0 Å². The van der Waals surface area contributed by atoms with Crippen molar-refractivity contribution in [2.75, 3.05) is 19.6 Å². The van der Waals surface area contributed by atoms with Crippen LogP contribution in [0, 0.1) is 5.92 Å². The number of benzene rings is 1. The topological polar surface area (TPSA) is 32.3 Å². The zero-order valence-corrected chi connectivity index (χ0v) is 9.28. The lowest BCUT2D eigenvalue weighted by Gasteiger charge is -2.28. The minimum atomic E-state index is 0.211. The Labute approximate surface area is 95.4 Å². The molecular formula is C13H16N2O. The highest BCUT2D eigenvalue weighted by molar-refractivity contribution is 5.98. The Kier molecular flexibility index (Phi) is 2.40. The first-order valence-corrected chi connectivity index (χ1v) is 5.92. The normalized spacial score (nSPS) is 19.8. The molecule has 3 rings (SSSR count). The Bertz CT molecular complexity index is 412. The Balaban J connectivity index is 1.65. The van der Waals surface area contributed by atoms with Gasteiger partial charge in [-0.1, -0.05) is 18.2 Å². The molecule has 84 valence electrons. The number of nitrogens with zero attached hydrogens (tertiary/aromatic N) is 1. The summed E-state index contributed by atoms with van der Waals surface area (Å²) in [5.74, 6) is 0.986. The summed E-state index contributed by atoms with van der Waals surface area (Å²) in [6.45, 7) is 3.94. The SMILES string of the molecule is O=C1c2ccccc2CN1CCC1CNC1. The smallest absolute Gasteiger partial charge is 0.254 e. The molecule has 3 nitrogen and oxygen atoms in total. The maximum absolute atomic E-state index is 12.0. The second-order valence-electron chi connectivity index (χ2n) is 4.70. The van der Waals surface area contributed by atoms with Gasteiger partial charge in [0.15, 0.2) is 0 Å². The van der Waals surface area contributed by atoms with Gasteiger partial charge in [0.1, 0.15) is 0 Å². The lowest BCUT2D eigenvalue weighted by Crippen LogP contribution is -2.43. The fourth-order valence-corrected chi connectivity index (χ4v) is 2.39.